The second-order valence-corrected chi connectivity index (χ2v) is 9.31. The van der Waals surface area contributed by atoms with Gasteiger partial charge in [0.05, 0.1) is 27.2 Å². The van der Waals surface area contributed by atoms with E-state index in [-0.39, 0.29) is 16.1 Å². The van der Waals surface area contributed by atoms with Crippen molar-refractivity contribution in [2.75, 3.05) is 13.6 Å². The number of benzene rings is 2. The molecule has 3 fully saturated rings. The summed E-state index contributed by atoms with van der Waals surface area (Å²) in [7, 11) is 2.05. The van der Waals surface area contributed by atoms with Crippen LogP contribution >= 0.6 is 23.2 Å². The molecule has 3 aliphatic rings. The van der Waals surface area contributed by atoms with Crippen LogP contribution in [0.5, 0.6) is 0 Å². The summed E-state index contributed by atoms with van der Waals surface area (Å²) in [6.07, 6.45) is -0.754. The van der Waals surface area contributed by atoms with E-state index in [9.17, 15) is 18.0 Å². The summed E-state index contributed by atoms with van der Waals surface area (Å²) >= 11 is 12.2. The van der Waals surface area contributed by atoms with E-state index in [1.54, 1.807) is 0 Å². The molecular weight excluding hydrogens is 448 g/mol. The zero-order valence-corrected chi connectivity index (χ0v) is 18.5. The van der Waals surface area contributed by atoms with Gasteiger partial charge in [-0.15, -0.1) is 0 Å². The van der Waals surface area contributed by atoms with Crippen molar-refractivity contribution in [2.45, 2.75) is 43.4 Å². The number of nitrogens with zero attached hydrogens (tertiary/aromatic N) is 1. The molecule has 2 saturated heterocycles. The number of carbonyl (C=O) groups is 1. The maximum absolute atomic E-state index is 13.3. The minimum absolute atomic E-state index is 0.111. The average molecular weight is 471 g/mol. The van der Waals surface area contributed by atoms with Crippen LogP contribution < -0.4 is 5.32 Å². The van der Waals surface area contributed by atoms with Gasteiger partial charge in [-0.2, -0.15) is 13.2 Å². The molecule has 2 aliphatic heterocycles. The normalized spacial score (nSPS) is 24.8. The number of amides is 1. The van der Waals surface area contributed by atoms with E-state index < -0.39 is 28.7 Å². The topological polar surface area (TPSA) is 32.3 Å². The molecule has 2 bridgehead atoms. The lowest BCUT2D eigenvalue weighted by atomic mass is 9.66. The smallest absolute Gasteiger partial charge is 0.343 e. The lowest BCUT2D eigenvalue weighted by Crippen LogP contribution is -2.62. The van der Waals surface area contributed by atoms with Crippen LogP contribution in [0.2, 0.25) is 10.0 Å². The quantitative estimate of drug-likeness (QED) is 0.563. The summed E-state index contributed by atoms with van der Waals surface area (Å²) in [5.41, 5.74) is -0.829. The van der Waals surface area contributed by atoms with Crippen LogP contribution in [0.1, 0.15) is 53.2 Å². The maximum atomic E-state index is 13.3. The zero-order valence-electron chi connectivity index (χ0n) is 17.0. The number of piperidine rings is 2. The first-order chi connectivity index (χ1) is 14.6. The Morgan fingerprint density at radius 3 is 2.35 bits per heavy atom. The number of carbonyl (C=O) groups excluding carboxylic acids is 1. The summed E-state index contributed by atoms with van der Waals surface area (Å²) in [6.45, 7) is 0.935. The summed E-state index contributed by atoms with van der Waals surface area (Å²) in [6, 6.07) is 11.0. The Bertz CT molecular complexity index is 973. The van der Waals surface area contributed by atoms with Gasteiger partial charge >= 0.3 is 6.18 Å². The average Bonchev–Trinajstić information content (AvgIpc) is 2.72. The van der Waals surface area contributed by atoms with Crippen LogP contribution in [-0.4, -0.2) is 29.9 Å². The van der Waals surface area contributed by atoms with Gasteiger partial charge in [-0.25, -0.2) is 0 Å². The first-order valence-electron chi connectivity index (χ1n) is 10.3. The van der Waals surface area contributed by atoms with Crippen molar-refractivity contribution in [3.63, 3.8) is 0 Å². The van der Waals surface area contributed by atoms with Crippen molar-refractivity contribution in [2.24, 2.45) is 5.92 Å². The van der Waals surface area contributed by atoms with Crippen LogP contribution in [0.3, 0.4) is 0 Å². The molecule has 0 spiro atoms. The lowest BCUT2D eigenvalue weighted by molar-refractivity contribution is -0.137. The van der Waals surface area contributed by atoms with E-state index >= 15 is 0 Å². The highest BCUT2D eigenvalue weighted by molar-refractivity contribution is 6.40. The Morgan fingerprint density at radius 2 is 1.77 bits per heavy atom. The molecule has 2 aromatic carbocycles. The predicted molar refractivity (Wildman–Crippen MR) is 115 cm³/mol. The molecule has 2 heterocycles. The van der Waals surface area contributed by atoms with Crippen LogP contribution in [0.15, 0.2) is 42.5 Å². The van der Waals surface area contributed by atoms with Gasteiger partial charge in [0.2, 0.25) is 0 Å². The standard InChI is InChI=1S/C23H23Cl2F3N2O/c1-30-13-14-9-11-22(30,12-10-14)20(15-5-3-2-4-6-15)29-21(31)18-17(24)8-7-16(19(18)25)23(26,27)28/h2-8,14,20H,9-13H2,1H3,(H,29,31). The molecular formula is C23H23Cl2F3N2O. The number of hydrogen-bond donors (Lipinski definition) is 1. The van der Waals surface area contributed by atoms with Crippen molar-refractivity contribution in [3.8, 4) is 0 Å². The van der Waals surface area contributed by atoms with Crippen LogP contribution in [0, 0.1) is 5.92 Å². The fourth-order valence-electron chi connectivity index (χ4n) is 5.18. The number of rotatable bonds is 4. The second-order valence-electron chi connectivity index (χ2n) is 8.53. The van der Waals surface area contributed by atoms with Crippen molar-refractivity contribution in [3.05, 3.63) is 69.2 Å². The van der Waals surface area contributed by atoms with E-state index in [1.807, 2.05) is 30.3 Å². The molecule has 1 atom stereocenters. The fourth-order valence-corrected chi connectivity index (χ4v) is 5.83. The third-order valence-electron chi connectivity index (χ3n) is 6.83. The minimum atomic E-state index is -4.68. The van der Waals surface area contributed by atoms with Gasteiger partial charge in [-0.05, 0) is 56.3 Å². The highest BCUT2D eigenvalue weighted by Crippen LogP contribution is 2.49. The maximum Gasteiger partial charge on any atom is 0.417 e. The van der Waals surface area contributed by atoms with E-state index in [0.29, 0.717) is 5.92 Å². The molecule has 31 heavy (non-hydrogen) atoms. The van der Waals surface area contributed by atoms with Gasteiger partial charge in [0.15, 0.2) is 0 Å². The summed E-state index contributed by atoms with van der Waals surface area (Å²) in [5.74, 6) is -0.0585. The van der Waals surface area contributed by atoms with Gasteiger partial charge in [-0.1, -0.05) is 53.5 Å². The summed E-state index contributed by atoms with van der Waals surface area (Å²) < 4.78 is 40.0. The molecule has 166 valence electrons. The molecule has 2 aromatic rings. The third kappa shape index (κ3) is 4.06. The molecule has 1 saturated carbocycles. The SMILES string of the molecule is CN1CC2CCC1(C(NC(=O)c1c(Cl)ccc(C(F)(F)F)c1Cl)c1ccccc1)CC2. The van der Waals surface area contributed by atoms with E-state index in [2.05, 4.69) is 17.3 Å². The van der Waals surface area contributed by atoms with Gasteiger partial charge in [0, 0.05) is 12.1 Å². The number of likely N-dealkylation sites (N-methyl/N-ethyl adjacent to an activating group) is 1. The molecule has 1 aliphatic carbocycles. The molecule has 1 unspecified atom stereocenters. The van der Waals surface area contributed by atoms with Crippen molar-refractivity contribution < 1.29 is 18.0 Å². The van der Waals surface area contributed by atoms with Crippen LogP contribution in [-0.2, 0) is 6.18 Å². The summed E-state index contributed by atoms with van der Waals surface area (Å²) in [5, 5.41) is 2.22. The van der Waals surface area contributed by atoms with Crippen molar-refractivity contribution >= 4 is 29.1 Å². The molecule has 1 amide bonds. The Kier molecular flexibility index (Phi) is 6.01. The van der Waals surface area contributed by atoms with Gasteiger partial charge < -0.3 is 5.32 Å². The molecule has 0 aromatic heterocycles. The van der Waals surface area contributed by atoms with Gasteiger partial charge in [0.1, 0.15) is 0 Å². The molecule has 3 nitrogen and oxygen atoms in total. The Hall–Kier alpha value is -1.76. The first-order valence-corrected chi connectivity index (χ1v) is 11.0. The van der Waals surface area contributed by atoms with E-state index in [1.165, 1.54) is 0 Å². The minimum Gasteiger partial charge on any atom is -0.343 e. The second kappa shape index (κ2) is 8.30. The molecule has 8 heteroatoms. The Morgan fingerprint density at radius 1 is 1.13 bits per heavy atom. The number of alkyl halides is 3. The largest absolute Gasteiger partial charge is 0.417 e. The number of hydrogen-bond acceptors (Lipinski definition) is 2. The van der Waals surface area contributed by atoms with Crippen LogP contribution in [0.4, 0.5) is 13.2 Å². The highest BCUT2D eigenvalue weighted by Gasteiger charge is 2.50. The monoisotopic (exact) mass is 470 g/mol. The zero-order chi connectivity index (χ0) is 22.4. The third-order valence-corrected chi connectivity index (χ3v) is 7.54. The molecule has 5 rings (SSSR count). The Balaban J connectivity index is 1.75. The molecule has 0 radical (unpaired) electrons. The fraction of sp³-hybridized carbons (Fsp3) is 0.435. The first kappa shape index (κ1) is 22.4. The van der Waals surface area contributed by atoms with E-state index in [0.717, 1.165) is 49.9 Å². The Labute approximate surface area is 189 Å². The predicted octanol–water partition coefficient (Wildman–Crippen LogP) is 6.36. The number of fused-ring (bicyclic) bond motifs is 3. The van der Waals surface area contributed by atoms with Gasteiger partial charge in [0.25, 0.3) is 5.91 Å². The van der Waals surface area contributed by atoms with E-state index in [4.69, 9.17) is 23.2 Å². The van der Waals surface area contributed by atoms with Gasteiger partial charge in [-0.3, -0.25) is 9.69 Å². The number of halogens is 5. The van der Waals surface area contributed by atoms with Crippen molar-refractivity contribution in [1.29, 1.82) is 0 Å². The lowest BCUT2D eigenvalue weighted by Gasteiger charge is -2.57. The van der Waals surface area contributed by atoms with Crippen molar-refractivity contribution in [1.82, 2.24) is 10.2 Å². The molecule has 1 N–H and O–H groups in total. The highest BCUT2D eigenvalue weighted by atomic mass is 35.5. The number of nitrogens with one attached hydrogen (secondary N) is 1. The van der Waals surface area contributed by atoms with Crippen LogP contribution in [0.25, 0.3) is 0 Å². The summed E-state index contributed by atoms with van der Waals surface area (Å²) in [4.78, 5) is 15.6.